The van der Waals surface area contributed by atoms with Gasteiger partial charge in [0.1, 0.15) is 0 Å². The summed E-state index contributed by atoms with van der Waals surface area (Å²) in [5.74, 6) is 0. The van der Waals surface area contributed by atoms with Crippen LogP contribution in [0.5, 0.6) is 0 Å². The van der Waals surface area contributed by atoms with E-state index in [1.54, 1.807) is 0 Å². The van der Waals surface area contributed by atoms with Gasteiger partial charge in [-0.3, -0.25) is 0 Å². The van der Waals surface area contributed by atoms with Gasteiger partial charge < -0.3 is 23.5 Å². The largest absolute Gasteiger partial charge is 0.311 e. The topological polar surface area (TPSA) is 21.3 Å². The number of benzene rings is 16. The standard InChI is InChI=1S/C100H70BN5/c1-100(2,3)73-59-83(68-35-15-7-16-36-68)99(84(60-73)69-37-17-8-18-38-69)106-94-58-70(65-29-9-4-10-30-65)49-52-86(94)101-87-53-50-75(103-92-48-28-23-43-82(92)85-61-74(51-54-93(85)103)102-88-44-24-19-39-78(88)79-40-20-25-45-89(79)102)62-95(87)105(76-56-71(66-31-11-5-12-32-66)55-72(57-76)67-33-13-6-14-34-67)96-63-77(64-97(106)98(96)101)104-90-46-26-21-41-80(90)81-42-22-27-47-91(81)104/h4-64H,1-3H3. The SMILES string of the molecule is CC(C)(C)c1cc(-c2ccccc2)c(N2c3cc(-c4ccccc4)ccc3B3c4ccc(-n5c6ccccc6c6cc(-n7c8ccccc8c8ccccc87)ccc65)cc4N(c4cc(-c5ccccc5)cc(-c5ccccc5)c4)c4cc(-n5c6ccccc6c6ccccc65)cc2c43)c(-c2ccccc2)c1. The lowest BCUT2D eigenvalue weighted by molar-refractivity contribution is 0.591. The van der Waals surface area contributed by atoms with Crippen molar-refractivity contribution in [3.05, 3.63) is 376 Å². The molecule has 0 unspecified atom stereocenters. The minimum Gasteiger partial charge on any atom is -0.311 e. The van der Waals surface area contributed by atoms with E-state index in [0.29, 0.717) is 0 Å². The smallest absolute Gasteiger partial charge is 0.252 e. The molecule has 3 aromatic heterocycles. The van der Waals surface area contributed by atoms with Crippen molar-refractivity contribution in [1.82, 2.24) is 13.7 Å². The van der Waals surface area contributed by atoms with E-state index in [1.807, 2.05) is 0 Å². The van der Waals surface area contributed by atoms with Crippen LogP contribution in [-0.4, -0.2) is 20.4 Å². The summed E-state index contributed by atoms with van der Waals surface area (Å²) in [7, 11) is 0. The molecule has 106 heavy (non-hydrogen) atoms. The number of para-hydroxylation sites is 5. The van der Waals surface area contributed by atoms with E-state index in [1.165, 1.54) is 65.3 Å². The fourth-order valence-corrected chi connectivity index (χ4v) is 17.7. The van der Waals surface area contributed by atoms with Crippen LogP contribution < -0.4 is 26.2 Å². The number of aromatic nitrogens is 3. The van der Waals surface area contributed by atoms with Gasteiger partial charge in [0, 0.05) is 83.3 Å². The summed E-state index contributed by atoms with van der Waals surface area (Å²) in [6.45, 7) is 6.80. The molecule has 6 heteroatoms. The highest BCUT2D eigenvalue weighted by atomic mass is 15.2. The molecule has 16 aromatic carbocycles. The molecule has 0 saturated heterocycles. The molecule has 498 valence electrons. The maximum atomic E-state index is 2.70. The molecule has 21 rings (SSSR count). The Morgan fingerprint density at radius 1 is 0.226 bits per heavy atom. The Hall–Kier alpha value is -13.4. The second-order valence-electron chi connectivity index (χ2n) is 29.6. The third-order valence-electron chi connectivity index (χ3n) is 22.5. The summed E-state index contributed by atoms with van der Waals surface area (Å²) in [5.41, 5.74) is 33.0. The van der Waals surface area contributed by atoms with Crippen molar-refractivity contribution in [2.45, 2.75) is 26.2 Å². The summed E-state index contributed by atoms with van der Waals surface area (Å²) < 4.78 is 7.50. The molecule has 0 saturated carbocycles. The summed E-state index contributed by atoms with van der Waals surface area (Å²) in [4.78, 5) is 5.35. The summed E-state index contributed by atoms with van der Waals surface area (Å²) in [5, 5.41) is 7.28. The lowest BCUT2D eigenvalue weighted by Crippen LogP contribution is -2.61. The summed E-state index contributed by atoms with van der Waals surface area (Å²) >= 11 is 0. The molecule has 0 atom stereocenters. The Labute approximate surface area is 616 Å². The highest BCUT2D eigenvalue weighted by Crippen LogP contribution is 2.54. The molecule has 0 spiro atoms. The van der Waals surface area contributed by atoms with Crippen molar-refractivity contribution in [3.63, 3.8) is 0 Å². The molecule has 2 aliphatic rings. The minimum absolute atomic E-state index is 0.196. The second-order valence-corrected chi connectivity index (χ2v) is 29.6. The van der Waals surface area contributed by atoms with Gasteiger partial charge in [0.2, 0.25) is 0 Å². The van der Waals surface area contributed by atoms with Crippen LogP contribution >= 0.6 is 0 Å². The van der Waals surface area contributed by atoms with Crippen molar-refractivity contribution < 1.29 is 0 Å². The fraction of sp³-hybridized carbons (Fsp3) is 0.0400. The molecule has 0 radical (unpaired) electrons. The van der Waals surface area contributed by atoms with Crippen molar-refractivity contribution in [1.29, 1.82) is 0 Å². The van der Waals surface area contributed by atoms with Gasteiger partial charge >= 0.3 is 0 Å². The summed E-state index contributed by atoms with van der Waals surface area (Å²) in [6, 6.07) is 139. The van der Waals surface area contributed by atoms with E-state index in [9.17, 15) is 0 Å². The maximum absolute atomic E-state index is 2.70. The molecular formula is C100H70BN5. The van der Waals surface area contributed by atoms with Crippen LogP contribution in [0.1, 0.15) is 26.3 Å². The van der Waals surface area contributed by atoms with Crippen LogP contribution in [-0.2, 0) is 5.41 Å². The predicted molar refractivity (Wildman–Crippen MR) is 449 cm³/mol. The lowest BCUT2D eigenvalue weighted by Gasteiger charge is -2.45. The van der Waals surface area contributed by atoms with Crippen LogP contribution in [0.3, 0.4) is 0 Å². The molecule has 19 aromatic rings. The zero-order valence-corrected chi connectivity index (χ0v) is 59.0. The molecule has 0 bridgehead atoms. The van der Waals surface area contributed by atoms with E-state index >= 15 is 0 Å². The molecule has 5 nitrogen and oxygen atoms in total. The van der Waals surface area contributed by atoms with Crippen LogP contribution in [0.2, 0.25) is 0 Å². The van der Waals surface area contributed by atoms with Crippen molar-refractivity contribution in [2.24, 2.45) is 0 Å². The second kappa shape index (κ2) is 24.1. The van der Waals surface area contributed by atoms with Gasteiger partial charge in [0.05, 0.1) is 44.5 Å². The fourth-order valence-electron chi connectivity index (χ4n) is 17.7. The molecule has 5 heterocycles. The van der Waals surface area contributed by atoms with Crippen LogP contribution in [0, 0.1) is 0 Å². The van der Waals surface area contributed by atoms with Crippen molar-refractivity contribution >= 4 is 123 Å². The first-order valence-corrected chi connectivity index (χ1v) is 36.9. The van der Waals surface area contributed by atoms with E-state index in [2.05, 4.69) is 414 Å². The monoisotopic (exact) mass is 1350 g/mol. The maximum Gasteiger partial charge on any atom is 0.252 e. The van der Waals surface area contributed by atoms with Crippen LogP contribution in [0.15, 0.2) is 370 Å². The van der Waals surface area contributed by atoms with Crippen LogP contribution in [0.25, 0.3) is 138 Å². The van der Waals surface area contributed by atoms with Gasteiger partial charge in [-0.15, -0.1) is 0 Å². The van der Waals surface area contributed by atoms with E-state index < -0.39 is 0 Å². The number of hydrogen-bond donors (Lipinski definition) is 0. The normalized spacial score (nSPS) is 12.6. The third kappa shape index (κ3) is 9.64. The number of anilines is 6. The van der Waals surface area contributed by atoms with Gasteiger partial charge in [0.15, 0.2) is 0 Å². The third-order valence-corrected chi connectivity index (χ3v) is 22.5. The Balaban J connectivity index is 0.912. The number of hydrogen-bond acceptors (Lipinski definition) is 2. The first kappa shape index (κ1) is 61.3. The first-order chi connectivity index (χ1) is 52.2. The molecule has 2 aliphatic heterocycles. The highest BCUT2D eigenvalue weighted by molar-refractivity contribution is 7.00. The molecule has 0 fully saturated rings. The molecular weight excluding hydrogens is 1280 g/mol. The zero-order chi connectivity index (χ0) is 70.3. The lowest BCUT2D eigenvalue weighted by atomic mass is 9.33. The van der Waals surface area contributed by atoms with Crippen molar-refractivity contribution in [3.8, 4) is 72.7 Å². The van der Waals surface area contributed by atoms with Gasteiger partial charge in [-0.2, -0.15) is 0 Å². The minimum atomic E-state index is -0.249. The summed E-state index contributed by atoms with van der Waals surface area (Å²) in [6.07, 6.45) is 0. The highest BCUT2D eigenvalue weighted by Gasteiger charge is 2.46. The molecule has 0 amide bonds. The van der Waals surface area contributed by atoms with Gasteiger partial charge in [-0.1, -0.05) is 282 Å². The van der Waals surface area contributed by atoms with Gasteiger partial charge in [-0.25, -0.2) is 0 Å². The Morgan fingerprint density at radius 3 is 1.04 bits per heavy atom. The van der Waals surface area contributed by atoms with Crippen molar-refractivity contribution in [2.75, 3.05) is 9.80 Å². The quantitative estimate of drug-likeness (QED) is 0.127. The zero-order valence-electron chi connectivity index (χ0n) is 59.0. The van der Waals surface area contributed by atoms with E-state index in [4.69, 9.17) is 0 Å². The Morgan fingerprint density at radius 2 is 0.575 bits per heavy atom. The average molecular weight is 1350 g/mol. The molecule has 0 aliphatic carbocycles. The number of nitrogens with zero attached hydrogens (tertiary/aromatic N) is 5. The van der Waals surface area contributed by atoms with E-state index in [-0.39, 0.29) is 12.1 Å². The Bertz CT molecular complexity index is 6520. The van der Waals surface area contributed by atoms with Crippen LogP contribution in [0.4, 0.5) is 34.1 Å². The Kier molecular flexibility index (Phi) is 13.9. The average Bonchev–Trinajstić information content (AvgIpc) is 0.735. The molecule has 0 N–H and O–H groups in total. The first-order valence-electron chi connectivity index (χ1n) is 36.9. The number of rotatable bonds is 10. The van der Waals surface area contributed by atoms with E-state index in [0.717, 1.165) is 129 Å². The number of fused-ring (bicyclic) bond motifs is 13. The van der Waals surface area contributed by atoms with Gasteiger partial charge in [0.25, 0.3) is 6.71 Å². The predicted octanol–water partition coefficient (Wildman–Crippen LogP) is 24.7. The van der Waals surface area contributed by atoms with Gasteiger partial charge in [-0.05, 0) is 181 Å².